The zero-order valence-corrected chi connectivity index (χ0v) is 15.0. The molecule has 0 aliphatic carbocycles. The molecule has 0 amide bonds. The summed E-state index contributed by atoms with van der Waals surface area (Å²) in [5.74, 6) is 0. The van der Waals surface area contributed by atoms with Gasteiger partial charge in [-0.25, -0.2) is 0 Å². The second kappa shape index (κ2) is 10.1. The minimum absolute atomic E-state index is 0.676. The molecule has 5 heteroatoms. The Labute approximate surface area is 133 Å². The second-order valence-electron chi connectivity index (χ2n) is 5.17. The standard InChI is InChI=1S/C8H10N2S2.C7H17N/c1-6(11)12-8-5-10-4-2-3-7(8)9;1-6(2)8(5)7(3)4/h3-5H,2,9H2,1H3;6-7H,1-5H3. The highest BCUT2D eigenvalue weighted by molar-refractivity contribution is 8.25. The van der Waals surface area contributed by atoms with E-state index in [1.165, 1.54) is 11.8 Å². The van der Waals surface area contributed by atoms with Crippen molar-refractivity contribution in [2.24, 2.45) is 10.7 Å². The molecule has 3 nitrogen and oxygen atoms in total. The average Bonchev–Trinajstić information content (AvgIpc) is 2.54. The van der Waals surface area contributed by atoms with E-state index in [9.17, 15) is 0 Å². The Kier molecular flexibility index (Phi) is 9.80. The molecule has 1 aliphatic rings. The Morgan fingerprint density at radius 1 is 1.35 bits per heavy atom. The Balaban J connectivity index is 0.000000396. The Bertz CT molecular complexity index is 388. The van der Waals surface area contributed by atoms with E-state index in [-0.39, 0.29) is 0 Å². The first-order valence-electron chi connectivity index (χ1n) is 6.83. The topological polar surface area (TPSA) is 41.6 Å². The third-order valence-corrected chi connectivity index (χ3v) is 4.01. The Morgan fingerprint density at radius 3 is 2.30 bits per heavy atom. The van der Waals surface area contributed by atoms with E-state index in [0.717, 1.165) is 21.2 Å². The van der Waals surface area contributed by atoms with E-state index in [1.807, 2.05) is 19.2 Å². The number of nitrogens with zero attached hydrogens (tertiary/aromatic N) is 2. The van der Waals surface area contributed by atoms with Gasteiger partial charge in [-0.15, -0.1) is 0 Å². The fraction of sp³-hybridized carbons (Fsp3) is 0.600. The van der Waals surface area contributed by atoms with Crippen LogP contribution in [0.15, 0.2) is 27.9 Å². The lowest BCUT2D eigenvalue weighted by atomic mass is 10.3. The molecule has 1 aliphatic heterocycles. The predicted octanol–water partition coefficient (Wildman–Crippen LogP) is 3.96. The minimum atomic E-state index is 0.676. The monoisotopic (exact) mass is 313 g/mol. The summed E-state index contributed by atoms with van der Waals surface area (Å²) in [7, 11) is 2.15. The van der Waals surface area contributed by atoms with Crippen LogP contribution in [0, 0.1) is 0 Å². The van der Waals surface area contributed by atoms with Gasteiger partial charge in [-0.1, -0.05) is 30.1 Å². The third kappa shape index (κ3) is 8.51. The van der Waals surface area contributed by atoms with Gasteiger partial charge in [0.25, 0.3) is 0 Å². The van der Waals surface area contributed by atoms with Crippen molar-refractivity contribution in [2.45, 2.75) is 53.1 Å². The van der Waals surface area contributed by atoms with Crippen LogP contribution in [-0.2, 0) is 0 Å². The molecular formula is C15H27N3S2. The first-order valence-corrected chi connectivity index (χ1v) is 8.06. The average molecular weight is 314 g/mol. The second-order valence-corrected chi connectivity index (χ2v) is 7.29. The lowest BCUT2D eigenvalue weighted by molar-refractivity contribution is 0.222. The van der Waals surface area contributed by atoms with Crippen LogP contribution < -0.4 is 5.73 Å². The molecular weight excluding hydrogens is 286 g/mol. The number of nitrogens with two attached hydrogens (primary N) is 1. The maximum Gasteiger partial charge on any atom is 0.0536 e. The van der Waals surface area contributed by atoms with E-state index in [4.69, 9.17) is 18.0 Å². The first-order chi connectivity index (χ1) is 9.25. The number of rotatable bonds is 3. The summed E-state index contributed by atoms with van der Waals surface area (Å²) in [6, 6.07) is 1.35. The van der Waals surface area contributed by atoms with Gasteiger partial charge in [0, 0.05) is 40.8 Å². The maximum atomic E-state index is 5.76. The van der Waals surface area contributed by atoms with Crippen molar-refractivity contribution in [2.75, 3.05) is 7.05 Å². The number of hydrogen-bond donors (Lipinski definition) is 1. The summed E-state index contributed by atoms with van der Waals surface area (Å²) >= 11 is 6.44. The van der Waals surface area contributed by atoms with Gasteiger partial charge in [0.1, 0.15) is 0 Å². The van der Waals surface area contributed by atoms with Crippen LogP contribution in [0.2, 0.25) is 0 Å². The number of allylic oxidation sites excluding steroid dienone is 1. The normalized spacial score (nSPS) is 14.7. The zero-order chi connectivity index (χ0) is 15.7. The molecule has 0 aromatic heterocycles. The molecule has 0 spiro atoms. The quantitative estimate of drug-likeness (QED) is 0.801. The van der Waals surface area contributed by atoms with Gasteiger partial charge in [-0.2, -0.15) is 0 Å². The van der Waals surface area contributed by atoms with Crippen LogP contribution in [0.5, 0.6) is 0 Å². The molecule has 0 saturated heterocycles. The molecule has 0 bridgehead atoms. The summed E-state index contributed by atoms with van der Waals surface area (Å²) in [6.45, 7) is 10.7. The van der Waals surface area contributed by atoms with E-state index in [1.54, 1.807) is 6.20 Å². The third-order valence-electron chi connectivity index (χ3n) is 2.91. The van der Waals surface area contributed by atoms with E-state index in [0.29, 0.717) is 12.1 Å². The number of thiocarbonyl (C=S) groups is 1. The summed E-state index contributed by atoms with van der Waals surface area (Å²) in [6.07, 6.45) is 6.30. The van der Waals surface area contributed by atoms with Crippen molar-refractivity contribution in [1.82, 2.24) is 4.90 Å². The molecule has 2 N–H and O–H groups in total. The molecule has 0 saturated carbocycles. The molecule has 0 atom stereocenters. The van der Waals surface area contributed by atoms with Crippen molar-refractivity contribution in [1.29, 1.82) is 0 Å². The van der Waals surface area contributed by atoms with Crippen LogP contribution in [0.1, 0.15) is 41.0 Å². The molecule has 0 aromatic rings. The fourth-order valence-corrected chi connectivity index (χ4v) is 2.27. The van der Waals surface area contributed by atoms with Crippen LogP contribution in [0.25, 0.3) is 0 Å². The lowest BCUT2D eigenvalue weighted by Gasteiger charge is -2.24. The molecule has 0 unspecified atom stereocenters. The largest absolute Gasteiger partial charge is 0.398 e. The highest BCUT2D eigenvalue weighted by Gasteiger charge is 2.05. The number of hydrogen-bond acceptors (Lipinski definition) is 5. The van der Waals surface area contributed by atoms with E-state index >= 15 is 0 Å². The maximum absolute atomic E-state index is 5.76. The van der Waals surface area contributed by atoms with Crippen LogP contribution in [-0.4, -0.2) is 34.4 Å². The van der Waals surface area contributed by atoms with Gasteiger partial charge in [-0.3, -0.25) is 4.99 Å². The fourth-order valence-electron chi connectivity index (χ4n) is 1.37. The first kappa shape index (κ1) is 19.4. The minimum Gasteiger partial charge on any atom is -0.398 e. The van der Waals surface area contributed by atoms with E-state index < -0.39 is 0 Å². The molecule has 114 valence electrons. The number of thioether (sulfide) groups is 1. The van der Waals surface area contributed by atoms with Crippen LogP contribution in [0.3, 0.4) is 0 Å². The molecule has 1 rings (SSSR count). The summed E-state index contributed by atoms with van der Waals surface area (Å²) in [4.78, 5) is 7.33. The molecule has 20 heavy (non-hydrogen) atoms. The highest BCUT2D eigenvalue weighted by Crippen LogP contribution is 2.23. The summed E-state index contributed by atoms with van der Waals surface area (Å²) in [5.41, 5.74) is 6.53. The molecule has 1 heterocycles. The lowest BCUT2D eigenvalue weighted by Crippen LogP contribution is -2.32. The zero-order valence-electron chi connectivity index (χ0n) is 13.4. The summed E-state index contributed by atoms with van der Waals surface area (Å²) in [5, 5.41) is 0. The smallest absolute Gasteiger partial charge is 0.0536 e. The van der Waals surface area contributed by atoms with Crippen molar-refractivity contribution in [3.05, 3.63) is 22.9 Å². The predicted molar refractivity (Wildman–Crippen MR) is 97.4 cm³/mol. The molecule has 0 fully saturated rings. The number of aliphatic imine (C=N–C) groups is 1. The SMILES string of the molecule is CC(=S)SC1=CN=CCC=C1N.CC(C)N(C)C(C)C. The highest BCUT2D eigenvalue weighted by atomic mass is 32.2. The van der Waals surface area contributed by atoms with E-state index in [2.05, 4.69) is 44.6 Å². The van der Waals surface area contributed by atoms with Crippen molar-refractivity contribution < 1.29 is 0 Å². The van der Waals surface area contributed by atoms with Crippen molar-refractivity contribution >= 4 is 34.4 Å². The van der Waals surface area contributed by atoms with Crippen LogP contribution >= 0.6 is 24.0 Å². The van der Waals surface area contributed by atoms with Crippen molar-refractivity contribution in [3.63, 3.8) is 0 Å². The van der Waals surface area contributed by atoms with Gasteiger partial charge in [0.2, 0.25) is 0 Å². The van der Waals surface area contributed by atoms with Gasteiger partial charge in [0.15, 0.2) is 0 Å². The molecule has 0 radical (unpaired) electrons. The van der Waals surface area contributed by atoms with Crippen LogP contribution in [0.4, 0.5) is 0 Å². The van der Waals surface area contributed by atoms with Gasteiger partial charge in [0.05, 0.1) is 4.91 Å². The van der Waals surface area contributed by atoms with Gasteiger partial charge >= 0.3 is 0 Å². The van der Waals surface area contributed by atoms with Gasteiger partial charge in [-0.05, 0) is 41.7 Å². The van der Waals surface area contributed by atoms with Crippen molar-refractivity contribution in [3.8, 4) is 0 Å². The Hall–Kier alpha value is -0.650. The van der Waals surface area contributed by atoms with Gasteiger partial charge < -0.3 is 10.6 Å². The summed E-state index contributed by atoms with van der Waals surface area (Å²) < 4.78 is 0.856. The molecule has 0 aromatic carbocycles. The Morgan fingerprint density at radius 2 is 1.90 bits per heavy atom.